The number of hydrogen-bond donors (Lipinski definition) is 1. The molecule has 0 unspecified atom stereocenters. The number of carbonyl (C=O) groups excluding carboxylic acids is 1. The number of likely N-dealkylation sites (tertiary alicyclic amines) is 1. The second-order valence-electron chi connectivity index (χ2n) is 11.1. The first-order valence-electron chi connectivity index (χ1n) is 14.4. The van der Waals surface area contributed by atoms with Gasteiger partial charge in [0.25, 0.3) is 5.91 Å². The Hall–Kier alpha value is -3.30. The van der Waals surface area contributed by atoms with Crippen molar-refractivity contribution < 1.29 is 4.79 Å². The lowest BCUT2D eigenvalue weighted by Gasteiger charge is -2.32. The summed E-state index contributed by atoms with van der Waals surface area (Å²) >= 11 is 7.91. The van der Waals surface area contributed by atoms with Gasteiger partial charge in [-0.15, -0.1) is 0 Å². The summed E-state index contributed by atoms with van der Waals surface area (Å²) in [5.41, 5.74) is 3.46. The average Bonchev–Trinajstić information content (AvgIpc) is 3.35. The number of thioether (sulfide) groups is 1. The zero-order valence-corrected chi connectivity index (χ0v) is 24.8. The van der Waals surface area contributed by atoms with Crippen molar-refractivity contribution in [2.24, 2.45) is 0 Å². The highest BCUT2D eigenvalue weighted by Crippen LogP contribution is 2.29. The van der Waals surface area contributed by atoms with Crippen molar-refractivity contribution in [3.05, 3.63) is 81.4 Å². The van der Waals surface area contributed by atoms with Gasteiger partial charge in [-0.1, -0.05) is 66.9 Å². The van der Waals surface area contributed by atoms with E-state index >= 15 is 0 Å². The van der Waals surface area contributed by atoms with E-state index in [1.807, 2.05) is 64.1 Å². The van der Waals surface area contributed by atoms with E-state index in [9.17, 15) is 9.59 Å². The molecule has 41 heavy (non-hydrogen) atoms. The first-order valence-corrected chi connectivity index (χ1v) is 15.8. The number of anilines is 1. The standard InChI is InChI=1S/C31H35ClN6O2S/c1-36(23-7-3-2-4-8-23)28-19-27(32)34-30(35-28)41-20-21-11-13-22(14-12-21)29(39)37-17-15-24(16-18-37)38-26-10-6-5-9-25(26)33-31(38)40/h5-6,9-14,19,23-24H,2-4,7-8,15-18,20H2,1H3,(H,33,40). The van der Waals surface area contributed by atoms with Crippen LogP contribution in [0.3, 0.4) is 0 Å². The highest BCUT2D eigenvalue weighted by Gasteiger charge is 2.27. The average molecular weight is 591 g/mol. The third kappa shape index (κ3) is 6.16. The van der Waals surface area contributed by atoms with Crippen LogP contribution in [0.15, 0.2) is 64.5 Å². The predicted molar refractivity (Wildman–Crippen MR) is 165 cm³/mol. The monoisotopic (exact) mass is 590 g/mol. The molecule has 4 aromatic rings. The number of H-pyrrole nitrogens is 1. The Morgan fingerprint density at radius 2 is 1.76 bits per heavy atom. The van der Waals surface area contributed by atoms with Gasteiger partial charge in [-0.05, 0) is 55.5 Å². The van der Waals surface area contributed by atoms with Crippen LogP contribution in [0.4, 0.5) is 5.82 Å². The third-order valence-electron chi connectivity index (χ3n) is 8.45. The van der Waals surface area contributed by atoms with E-state index in [0.717, 1.165) is 35.3 Å². The third-order valence-corrected chi connectivity index (χ3v) is 9.57. The molecule has 1 aliphatic carbocycles. The molecule has 2 aromatic heterocycles. The summed E-state index contributed by atoms with van der Waals surface area (Å²) in [7, 11) is 2.10. The van der Waals surface area contributed by atoms with Crippen LogP contribution in [-0.4, -0.2) is 56.5 Å². The molecule has 10 heteroatoms. The van der Waals surface area contributed by atoms with Crippen molar-refractivity contribution in [3.63, 3.8) is 0 Å². The molecule has 1 saturated heterocycles. The van der Waals surface area contributed by atoms with Gasteiger partial charge in [-0.2, -0.15) is 0 Å². The SMILES string of the molecule is CN(c1cc(Cl)nc(SCc2ccc(C(=O)N3CCC(n4c(=O)[nH]c5ccccc54)CC3)cc2)n1)C1CCCCC1. The van der Waals surface area contributed by atoms with Gasteiger partial charge in [0.2, 0.25) is 0 Å². The van der Waals surface area contributed by atoms with Crippen molar-refractivity contribution in [2.75, 3.05) is 25.0 Å². The normalized spacial score (nSPS) is 16.8. The number of aromatic nitrogens is 4. The number of imidazole rings is 1. The van der Waals surface area contributed by atoms with Crippen molar-refractivity contribution in [1.29, 1.82) is 0 Å². The lowest BCUT2D eigenvalue weighted by Crippen LogP contribution is -2.40. The molecule has 214 valence electrons. The molecule has 6 rings (SSSR count). The fourth-order valence-corrected chi connectivity index (χ4v) is 7.16. The fourth-order valence-electron chi connectivity index (χ4n) is 6.12. The summed E-state index contributed by atoms with van der Waals surface area (Å²) in [5.74, 6) is 1.59. The Labute approximate surface area is 249 Å². The largest absolute Gasteiger partial charge is 0.357 e. The summed E-state index contributed by atoms with van der Waals surface area (Å²) in [6.45, 7) is 1.24. The molecule has 1 aliphatic heterocycles. The lowest BCUT2D eigenvalue weighted by atomic mass is 9.94. The number of benzene rings is 2. The molecule has 1 N–H and O–H groups in total. The van der Waals surface area contributed by atoms with Crippen LogP contribution in [-0.2, 0) is 5.75 Å². The molecule has 0 spiro atoms. The second kappa shape index (κ2) is 12.3. The Balaban J connectivity index is 1.05. The van der Waals surface area contributed by atoms with Gasteiger partial charge in [0.1, 0.15) is 11.0 Å². The molecule has 2 aromatic carbocycles. The summed E-state index contributed by atoms with van der Waals surface area (Å²) in [6, 6.07) is 18.0. The number of amides is 1. The van der Waals surface area contributed by atoms with E-state index in [4.69, 9.17) is 16.6 Å². The van der Waals surface area contributed by atoms with Crippen LogP contribution in [0, 0.1) is 0 Å². The minimum atomic E-state index is -0.0833. The highest BCUT2D eigenvalue weighted by atomic mass is 35.5. The molecule has 3 heterocycles. The number of rotatable bonds is 7. The van der Waals surface area contributed by atoms with Crippen LogP contribution in [0.2, 0.25) is 5.15 Å². The lowest BCUT2D eigenvalue weighted by molar-refractivity contribution is 0.0695. The van der Waals surface area contributed by atoms with Gasteiger partial charge in [0.15, 0.2) is 5.16 Å². The number of fused-ring (bicyclic) bond motifs is 1. The summed E-state index contributed by atoms with van der Waals surface area (Å²) in [6.07, 6.45) is 7.71. The smallest absolute Gasteiger partial charge is 0.326 e. The first kappa shape index (κ1) is 27.8. The molecule has 1 saturated carbocycles. The molecular formula is C31H35ClN6O2S. The summed E-state index contributed by atoms with van der Waals surface area (Å²) < 4.78 is 1.85. The van der Waals surface area contributed by atoms with Crippen LogP contribution < -0.4 is 10.6 Å². The van der Waals surface area contributed by atoms with E-state index in [0.29, 0.717) is 40.8 Å². The van der Waals surface area contributed by atoms with Crippen molar-refractivity contribution in [2.45, 2.75) is 67.9 Å². The van der Waals surface area contributed by atoms with Crippen molar-refractivity contribution >= 4 is 46.1 Å². The van der Waals surface area contributed by atoms with Gasteiger partial charge in [0.05, 0.1) is 11.0 Å². The Kier molecular flexibility index (Phi) is 8.35. The highest BCUT2D eigenvalue weighted by molar-refractivity contribution is 7.98. The van der Waals surface area contributed by atoms with Gasteiger partial charge >= 0.3 is 5.69 Å². The van der Waals surface area contributed by atoms with Gasteiger partial charge in [-0.3, -0.25) is 9.36 Å². The Morgan fingerprint density at radius 3 is 2.51 bits per heavy atom. The molecular weight excluding hydrogens is 556 g/mol. The molecule has 1 amide bonds. The molecule has 0 atom stereocenters. The van der Waals surface area contributed by atoms with E-state index in [1.54, 1.807) is 11.8 Å². The first-order chi connectivity index (χ1) is 20.0. The van der Waals surface area contributed by atoms with Crippen LogP contribution in [0.1, 0.15) is 66.9 Å². The quantitative estimate of drug-likeness (QED) is 0.154. The van der Waals surface area contributed by atoms with E-state index in [-0.39, 0.29) is 17.6 Å². The van der Waals surface area contributed by atoms with E-state index < -0.39 is 0 Å². The van der Waals surface area contributed by atoms with Crippen LogP contribution in [0.5, 0.6) is 0 Å². The zero-order valence-electron chi connectivity index (χ0n) is 23.3. The topological polar surface area (TPSA) is 87.1 Å². The fraction of sp³-hybridized carbons (Fsp3) is 0.419. The maximum atomic E-state index is 13.2. The number of halogens is 1. The number of nitrogens with one attached hydrogen (secondary N) is 1. The van der Waals surface area contributed by atoms with Crippen LogP contribution >= 0.6 is 23.4 Å². The Morgan fingerprint density at radius 1 is 1.02 bits per heavy atom. The maximum absolute atomic E-state index is 13.2. The van der Waals surface area contributed by atoms with Gasteiger partial charge in [-0.25, -0.2) is 14.8 Å². The number of piperidine rings is 1. The predicted octanol–water partition coefficient (Wildman–Crippen LogP) is 6.31. The van der Waals surface area contributed by atoms with E-state index in [2.05, 4.69) is 21.9 Å². The molecule has 2 aliphatic rings. The minimum Gasteiger partial charge on any atom is -0.357 e. The number of hydrogen-bond acceptors (Lipinski definition) is 6. The van der Waals surface area contributed by atoms with Crippen molar-refractivity contribution in [1.82, 2.24) is 24.4 Å². The number of nitrogens with zero attached hydrogens (tertiary/aromatic N) is 5. The second-order valence-corrected chi connectivity index (χ2v) is 12.4. The minimum absolute atomic E-state index is 0.0301. The summed E-state index contributed by atoms with van der Waals surface area (Å²) in [5, 5.41) is 1.12. The maximum Gasteiger partial charge on any atom is 0.326 e. The molecule has 2 fully saturated rings. The zero-order chi connectivity index (χ0) is 28.3. The summed E-state index contributed by atoms with van der Waals surface area (Å²) in [4.78, 5) is 42.1. The number of carbonyl (C=O) groups is 1. The van der Waals surface area contributed by atoms with Gasteiger partial charge < -0.3 is 14.8 Å². The molecule has 8 nitrogen and oxygen atoms in total. The molecule has 0 radical (unpaired) electrons. The molecule has 0 bridgehead atoms. The number of para-hydroxylation sites is 2. The van der Waals surface area contributed by atoms with Crippen LogP contribution in [0.25, 0.3) is 11.0 Å². The van der Waals surface area contributed by atoms with Crippen molar-refractivity contribution in [3.8, 4) is 0 Å². The Bertz CT molecular complexity index is 1570. The number of aromatic amines is 1. The van der Waals surface area contributed by atoms with E-state index in [1.165, 1.54) is 32.1 Å². The van der Waals surface area contributed by atoms with Gasteiger partial charge in [0, 0.05) is 49.6 Å².